The number of aliphatic carboxylic acids is 1. The Balaban J connectivity index is 1.77. The van der Waals surface area contributed by atoms with Crippen LogP contribution < -0.4 is 10.6 Å². The summed E-state index contributed by atoms with van der Waals surface area (Å²) in [5.74, 6) is -1.67. The Morgan fingerprint density at radius 1 is 1.13 bits per heavy atom. The van der Waals surface area contributed by atoms with Crippen molar-refractivity contribution in [3.63, 3.8) is 0 Å². The van der Waals surface area contributed by atoms with Crippen molar-refractivity contribution in [3.8, 4) is 11.3 Å². The second-order valence-electron chi connectivity index (χ2n) is 6.28. The van der Waals surface area contributed by atoms with E-state index in [9.17, 15) is 22.8 Å². The lowest BCUT2D eigenvalue weighted by Gasteiger charge is -2.07. The average molecular weight is 435 g/mol. The summed E-state index contributed by atoms with van der Waals surface area (Å²) in [6, 6.07) is 11.2. The van der Waals surface area contributed by atoms with Crippen molar-refractivity contribution >= 4 is 34.0 Å². The number of benzene rings is 2. The van der Waals surface area contributed by atoms with Crippen LogP contribution in [-0.2, 0) is 11.0 Å². The molecule has 1 amide bonds. The molecule has 2 aromatic carbocycles. The number of thiazole rings is 1. The second kappa shape index (κ2) is 8.54. The zero-order chi connectivity index (χ0) is 21.9. The number of carbonyl (C=O) groups excluding carboxylic acids is 1. The molecule has 3 rings (SSSR count). The van der Waals surface area contributed by atoms with Crippen LogP contribution in [0.2, 0.25) is 0 Å². The molecule has 3 aromatic rings. The number of hydrogen-bond acceptors (Lipinski definition) is 5. The van der Waals surface area contributed by atoms with Crippen molar-refractivity contribution in [2.45, 2.75) is 13.1 Å². The molecular weight excluding hydrogens is 419 g/mol. The fraction of sp³-hybridized carbons (Fsp3) is 0.150. The van der Waals surface area contributed by atoms with Crippen molar-refractivity contribution in [1.82, 2.24) is 10.3 Å². The summed E-state index contributed by atoms with van der Waals surface area (Å²) in [4.78, 5) is 27.8. The number of hydrogen-bond donors (Lipinski definition) is 3. The molecule has 0 aliphatic rings. The molecule has 1 aromatic heterocycles. The number of halogens is 3. The first-order valence-corrected chi connectivity index (χ1v) is 9.47. The van der Waals surface area contributed by atoms with Crippen molar-refractivity contribution in [1.29, 1.82) is 0 Å². The molecular formula is C20H16F3N3O3S. The van der Waals surface area contributed by atoms with Crippen LogP contribution in [0.3, 0.4) is 0 Å². The first-order chi connectivity index (χ1) is 14.1. The summed E-state index contributed by atoms with van der Waals surface area (Å²) >= 11 is 1.32. The first-order valence-electron chi connectivity index (χ1n) is 8.65. The molecule has 0 spiro atoms. The van der Waals surface area contributed by atoms with E-state index in [1.54, 1.807) is 24.3 Å². The normalized spacial score (nSPS) is 11.2. The zero-order valence-corrected chi connectivity index (χ0v) is 16.4. The van der Waals surface area contributed by atoms with Crippen LogP contribution in [0.25, 0.3) is 11.3 Å². The van der Waals surface area contributed by atoms with Gasteiger partial charge < -0.3 is 15.7 Å². The summed E-state index contributed by atoms with van der Waals surface area (Å²) in [5.41, 5.74) is 1.23. The number of amides is 1. The van der Waals surface area contributed by atoms with E-state index in [0.717, 1.165) is 17.0 Å². The SMILES string of the molecule is Cc1sc(Nc2cccc(C(=O)NCC(=O)O)c2)nc1-c1ccc(C(F)(F)F)cc1. The number of nitrogens with one attached hydrogen (secondary N) is 2. The molecule has 10 heteroatoms. The van der Waals surface area contributed by atoms with Gasteiger partial charge in [-0.2, -0.15) is 13.2 Å². The Bertz CT molecular complexity index is 1080. The summed E-state index contributed by atoms with van der Waals surface area (Å²) in [6.07, 6.45) is -4.40. The van der Waals surface area contributed by atoms with Gasteiger partial charge in [0.1, 0.15) is 6.54 Å². The molecule has 0 saturated heterocycles. The summed E-state index contributed by atoms with van der Waals surface area (Å²) in [7, 11) is 0. The third-order valence-corrected chi connectivity index (χ3v) is 4.94. The van der Waals surface area contributed by atoms with E-state index in [4.69, 9.17) is 5.11 Å². The maximum Gasteiger partial charge on any atom is 0.416 e. The van der Waals surface area contributed by atoms with Gasteiger partial charge in [0.15, 0.2) is 5.13 Å². The van der Waals surface area contributed by atoms with E-state index in [1.165, 1.54) is 23.5 Å². The third kappa shape index (κ3) is 5.15. The molecule has 0 bridgehead atoms. The Morgan fingerprint density at radius 2 is 1.83 bits per heavy atom. The predicted octanol–water partition coefficient (Wildman–Crippen LogP) is 4.70. The largest absolute Gasteiger partial charge is 0.480 e. The zero-order valence-electron chi connectivity index (χ0n) is 15.6. The van der Waals surface area contributed by atoms with Crippen molar-refractivity contribution in [2.75, 3.05) is 11.9 Å². The standard InChI is InChI=1S/C20H16F3N3O3S/c1-11-17(12-5-7-14(8-6-12)20(21,22)23)26-19(30-11)25-15-4-2-3-13(9-15)18(29)24-10-16(27)28/h2-9H,10H2,1H3,(H,24,29)(H,25,26)(H,27,28). The molecule has 0 aliphatic heterocycles. The highest BCUT2D eigenvalue weighted by atomic mass is 32.1. The van der Waals surface area contributed by atoms with E-state index in [0.29, 0.717) is 22.1 Å². The molecule has 30 heavy (non-hydrogen) atoms. The summed E-state index contributed by atoms with van der Waals surface area (Å²) < 4.78 is 38.2. The van der Waals surface area contributed by atoms with E-state index in [1.807, 2.05) is 6.92 Å². The van der Waals surface area contributed by atoms with Crippen LogP contribution in [0.15, 0.2) is 48.5 Å². The number of carboxylic acid groups (broad SMARTS) is 1. The van der Waals surface area contributed by atoms with Crippen LogP contribution in [0.5, 0.6) is 0 Å². The molecule has 156 valence electrons. The molecule has 0 unspecified atom stereocenters. The average Bonchev–Trinajstić information content (AvgIpc) is 3.05. The van der Waals surface area contributed by atoms with Gasteiger partial charge in [-0.1, -0.05) is 18.2 Å². The number of rotatable bonds is 6. The highest BCUT2D eigenvalue weighted by Crippen LogP contribution is 2.34. The Labute approximate surface area is 173 Å². The maximum absolute atomic E-state index is 12.7. The quantitative estimate of drug-likeness (QED) is 0.522. The lowest BCUT2D eigenvalue weighted by Crippen LogP contribution is -2.29. The summed E-state index contributed by atoms with van der Waals surface area (Å²) in [5, 5.41) is 14.5. The van der Waals surface area contributed by atoms with Gasteiger partial charge >= 0.3 is 12.1 Å². The number of aromatic nitrogens is 1. The van der Waals surface area contributed by atoms with Crippen molar-refractivity contribution < 1.29 is 27.9 Å². The van der Waals surface area contributed by atoms with Crippen LogP contribution in [-0.4, -0.2) is 28.5 Å². The Kier molecular flexibility index (Phi) is 6.06. The van der Waals surface area contributed by atoms with E-state index in [-0.39, 0.29) is 5.56 Å². The van der Waals surface area contributed by atoms with Gasteiger partial charge in [-0.15, -0.1) is 11.3 Å². The minimum atomic E-state index is -4.40. The molecule has 1 heterocycles. The molecule has 0 saturated carbocycles. The monoisotopic (exact) mass is 435 g/mol. The van der Waals surface area contributed by atoms with Gasteiger partial charge in [-0.05, 0) is 37.3 Å². The highest BCUT2D eigenvalue weighted by molar-refractivity contribution is 7.16. The minimum absolute atomic E-state index is 0.275. The molecule has 0 atom stereocenters. The van der Waals surface area contributed by atoms with Gasteiger partial charge in [-0.3, -0.25) is 9.59 Å². The van der Waals surface area contributed by atoms with Gasteiger partial charge in [0, 0.05) is 21.7 Å². The Morgan fingerprint density at radius 3 is 2.47 bits per heavy atom. The fourth-order valence-electron chi connectivity index (χ4n) is 2.65. The lowest BCUT2D eigenvalue weighted by atomic mass is 10.1. The molecule has 0 radical (unpaired) electrons. The predicted molar refractivity (Wildman–Crippen MR) is 107 cm³/mol. The van der Waals surface area contributed by atoms with Gasteiger partial charge in [-0.25, -0.2) is 4.98 Å². The molecule has 6 nitrogen and oxygen atoms in total. The Hall–Kier alpha value is -3.40. The van der Waals surface area contributed by atoms with Gasteiger partial charge in [0.05, 0.1) is 11.3 Å². The van der Waals surface area contributed by atoms with Gasteiger partial charge in [0.2, 0.25) is 0 Å². The highest BCUT2D eigenvalue weighted by Gasteiger charge is 2.30. The number of anilines is 2. The fourth-order valence-corrected chi connectivity index (χ4v) is 3.51. The number of carboxylic acids is 1. The van der Waals surface area contributed by atoms with E-state index >= 15 is 0 Å². The maximum atomic E-state index is 12.7. The number of carbonyl (C=O) groups is 2. The third-order valence-electron chi connectivity index (χ3n) is 4.06. The van der Waals surface area contributed by atoms with E-state index < -0.39 is 30.2 Å². The molecule has 0 aliphatic carbocycles. The van der Waals surface area contributed by atoms with Crippen molar-refractivity contribution in [2.24, 2.45) is 0 Å². The van der Waals surface area contributed by atoms with Crippen LogP contribution in [0, 0.1) is 6.92 Å². The minimum Gasteiger partial charge on any atom is -0.480 e. The van der Waals surface area contributed by atoms with Crippen molar-refractivity contribution in [3.05, 3.63) is 64.5 Å². The molecule has 3 N–H and O–H groups in total. The summed E-state index contributed by atoms with van der Waals surface area (Å²) in [6.45, 7) is 1.32. The van der Waals surface area contributed by atoms with E-state index in [2.05, 4.69) is 15.6 Å². The molecule has 0 fully saturated rings. The lowest BCUT2D eigenvalue weighted by molar-refractivity contribution is -0.137. The van der Waals surface area contributed by atoms with Gasteiger partial charge in [0.25, 0.3) is 5.91 Å². The number of aryl methyl sites for hydroxylation is 1. The van der Waals surface area contributed by atoms with Crippen LogP contribution in [0.4, 0.5) is 24.0 Å². The topological polar surface area (TPSA) is 91.3 Å². The number of alkyl halides is 3. The second-order valence-corrected chi connectivity index (χ2v) is 7.48. The smallest absolute Gasteiger partial charge is 0.416 e. The van der Waals surface area contributed by atoms with Crippen LogP contribution in [0.1, 0.15) is 20.8 Å². The number of nitrogens with zero attached hydrogens (tertiary/aromatic N) is 1. The van der Waals surface area contributed by atoms with Crippen LogP contribution >= 0.6 is 11.3 Å². The first kappa shape index (κ1) is 21.3.